The highest BCUT2D eigenvalue weighted by Gasteiger charge is 2.05. The number of amides is 2. The van der Waals surface area contributed by atoms with E-state index in [1.165, 1.54) is 0 Å². The van der Waals surface area contributed by atoms with Crippen LogP contribution in [0.1, 0.15) is 63.4 Å². The van der Waals surface area contributed by atoms with Gasteiger partial charge in [0.05, 0.1) is 11.6 Å². The van der Waals surface area contributed by atoms with Gasteiger partial charge in [-0.2, -0.15) is 5.26 Å². The first-order valence-corrected chi connectivity index (χ1v) is 9.97. The average molecular weight is 378 g/mol. The van der Waals surface area contributed by atoms with E-state index < -0.39 is 0 Å². The second-order valence-corrected chi connectivity index (χ2v) is 6.90. The number of benzene rings is 1. The second-order valence-electron chi connectivity index (χ2n) is 6.90. The van der Waals surface area contributed by atoms with Crippen molar-refractivity contribution in [3.05, 3.63) is 60.2 Å². The third-order valence-corrected chi connectivity index (χ3v) is 4.52. The molecule has 0 aromatic heterocycles. The molecule has 2 rings (SSSR count). The van der Waals surface area contributed by atoms with Crippen LogP contribution in [-0.4, -0.2) is 11.8 Å². The maximum absolute atomic E-state index is 11.9. The smallest absolute Gasteiger partial charge is 0.224 e. The standard InChI is InChI=1S/C23H28N3O2/c24-18-19-14-16-21(17-15-19)26-23(28)13-9-4-2-1-3-8-12-22(27)25-20-10-6-5-7-11-20/h5-6,10-11,14-17H,1-4,7-9,12-13H2,(H,25,27)(H,26,28). The van der Waals surface area contributed by atoms with Crippen molar-refractivity contribution < 1.29 is 9.59 Å². The molecule has 1 radical (unpaired) electrons. The molecule has 0 saturated carbocycles. The van der Waals surface area contributed by atoms with Gasteiger partial charge in [-0.25, -0.2) is 0 Å². The van der Waals surface area contributed by atoms with E-state index in [-0.39, 0.29) is 11.8 Å². The summed E-state index contributed by atoms with van der Waals surface area (Å²) in [7, 11) is 0. The summed E-state index contributed by atoms with van der Waals surface area (Å²) in [5, 5.41) is 14.5. The molecule has 28 heavy (non-hydrogen) atoms. The molecule has 5 nitrogen and oxygen atoms in total. The van der Waals surface area contributed by atoms with Gasteiger partial charge in [0.2, 0.25) is 11.8 Å². The number of unbranched alkanes of at least 4 members (excludes halogenated alkanes) is 5. The number of allylic oxidation sites excluding steroid dienone is 3. The molecule has 1 aromatic rings. The molecule has 1 aliphatic carbocycles. The van der Waals surface area contributed by atoms with Gasteiger partial charge in [0.15, 0.2) is 0 Å². The normalized spacial score (nSPS) is 12.8. The zero-order valence-corrected chi connectivity index (χ0v) is 16.2. The van der Waals surface area contributed by atoms with E-state index in [0.717, 1.165) is 56.3 Å². The molecule has 147 valence electrons. The lowest BCUT2D eigenvalue weighted by Gasteiger charge is -2.09. The molecule has 5 heteroatoms. The van der Waals surface area contributed by atoms with Gasteiger partial charge in [0.25, 0.3) is 0 Å². The highest BCUT2D eigenvalue weighted by molar-refractivity contribution is 5.90. The molecule has 0 spiro atoms. The number of nitrogens with zero attached hydrogens (tertiary/aromatic N) is 1. The molecule has 0 heterocycles. The molecule has 0 unspecified atom stereocenters. The van der Waals surface area contributed by atoms with Gasteiger partial charge >= 0.3 is 0 Å². The molecule has 2 amide bonds. The first kappa shape index (κ1) is 21.4. The average Bonchev–Trinajstić information content (AvgIpc) is 2.71. The van der Waals surface area contributed by atoms with Crippen LogP contribution in [0.5, 0.6) is 0 Å². The number of hydrogen-bond acceptors (Lipinski definition) is 3. The Hall–Kier alpha value is -2.87. The fourth-order valence-corrected chi connectivity index (χ4v) is 2.96. The lowest BCUT2D eigenvalue weighted by atomic mass is 10.1. The summed E-state index contributed by atoms with van der Waals surface area (Å²) in [5.74, 6) is 0.0855. The van der Waals surface area contributed by atoms with Gasteiger partial charge in [-0.3, -0.25) is 9.59 Å². The van der Waals surface area contributed by atoms with E-state index in [1.54, 1.807) is 24.3 Å². The molecule has 1 aromatic carbocycles. The Bertz CT molecular complexity index is 742. The van der Waals surface area contributed by atoms with Crippen molar-refractivity contribution >= 4 is 17.5 Å². The van der Waals surface area contributed by atoms with Crippen LogP contribution < -0.4 is 10.6 Å². The van der Waals surface area contributed by atoms with Gasteiger partial charge in [-0.05, 0) is 56.0 Å². The Balaban J connectivity index is 1.45. The summed E-state index contributed by atoms with van der Waals surface area (Å²) < 4.78 is 0. The van der Waals surface area contributed by atoms with Crippen molar-refractivity contribution in [3.8, 4) is 6.07 Å². The fourth-order valence-electron chi connectivity index (χ4n) is 2.96. The second kappa shape index (κ2) is 12.5. The maximum atomic E-state index is 11.9. The van der Waals surface area contributed by atoms with Crippen molar-refractivity contribution in [2.45, 2.75) is 57.8 Å². The molecule has 0 fully saturated rings. The third kappa shape index (κ3) is 8.68. The van der Waals surface area contributed by atoms with Crippen molar-refractivity contribution in [2.75, 3.05) is 5.32 Å². The first-order valence-electron chi connectivity index (χ1n) is 9.97. The topological polar surface area (TPSA) is 82.0 Å². The van der Waals surface area contributed by atoms with Crippen LogP contribution in [-0.2, 0) is 9.59 Å². The van der Waals surface area contributed by atoms with Crippen LogP contribution >= 0.6 is 0 Å². The Morgan fingerprint density at radius 2 is 1.50 bits per heavy atom. The van der Waals surface area contributed by atoms with Gasteiger partial charge < -0.3 is 10.6 Å². The molecule has 0 atom stereocenters. The van der Waals surface area contributed by atoms with Crippen LogP contribution in [0.15, 0.2) is 48.2 Å². The largest absolute Gasteiger partial charge is 0.326 e. The molecule has 1 aliphatic rings. The van der Waals surface area contributed by atoms with Crippen molar-refractivity contribution in [1.29, 1.82) is 5.26 Å². The van der Waals surface area contributed by atoms with Gasteiger partial charge in [0, 0.05) is 24.2 Å². The summed E-state index contributed by atoms with van der Waals surface area (Å²) >= 11 is 0. The first-order chi connectivity index (χ1) is 13.7. The Labute approximate surface area is 167 Å². The van der Waals surface area contributed by atoms with E-state index in [4.69, 9.17) is 5.26 Å². The lowest BCUT2D eigenvalue weighted by molar-refractivity contribution is -0.120. The maximum Gasteiger partial charge on any atom is 0.224 e. The van der Waals surface area contributed by atoms with E-state index in [2.05, 4.69) is 16.7 Å². The number of rotatable bonds is 11. The monoisotopic (exact) mass is 378 g/mol. The molecular weight excluding hydrogens is 350 g/mol. The van der Waals surface area contributed by atoms with Crippen LogP contribution in [0.3, 0.4) is 0 Å². The predicted octanol–water partition coefficient (Wildman–Crippen LogP) is 4.78. The highest BCUT2D eigenvalue weighted by Crippen LogP contribution is 2.12. The molecule has 0 aliphatic heterocycles. The zero-order chi connectivity index (χ0) is 20.0. The SMILES string of the molecule is N#Cc1ccc(NC(=O)CCCCCCCCC(=O)NC2=CC[CH]C=C2)cc1. The van der Waals surface area contributed by atoms with Crippen molar-refractivity contribution in [3.63, 3.8) is 0 Å². The van der Waals surface area contributed by atoms with Crippen LogP contribution in [0.4, 0.5) is 5.69 Å². The molecule has 0 saturated heterocycles. The molecule has 2 N–H and O–H groups in total. The van der Waals surface area contributed by atoms with E-state index >= 15 is 0 Å². The van der Waals surface area contributed by atoms with E-state index in [1.807, 2.05) is 24.6 Å². The van der Waals surface area contributed by atoms with Crippen LogP contribution in [0.2, 0.25) is 0 Å². The van der Waals surface area contributed by atoms with Crippen LogP contribution in [0.25, 0.3) is 0 Å². The molecule has 0 bridgehead atoms. The number of carbonyl (C=O) groups is 2. The number of nitrogens with one attached hydrogen (secondary N) is 2. The third-order valence-electron chi connectivity index (χ3n) is 4.52. The summed E-state index contributed by atoms with van der Waals surface area (Å²) in [4.78, 5) is 23.8. The summed E-state index contributed by atoms with van der Waals surface area (Å²) in [6.45, 7) is 0. The summed E-state index contributed by atoms with van der Waals surface area (Å²) in [5.41, 5.74) is 2.20. The minimum atomic E-state index is 0.00467. The van der Waals surface area contributed by atoms with E-state index in [0.29, 0.717) is 18.4 Å². The zero-order valence-electron chi connectivity index (χ0n) is 16.2. The van der Waals surface area contributed by atoms with Crippen LogP contribution in [0, 0.1) is 17.8 Å². The minimum absolute atomic E-state index is 0.00467. The highest BCUT2D eigenvalue weighted by atomic mass is 16.2. The number of nitriles is 1. The van der Waals surface area contributed by atoms with E-state index in [9.17, 15) is 9.59 Å². The van der Waals surface area contributed by atoms with Crippen molar-refractivity contribution in [1.82, 2.24) is 5.32 Å². The summed E-state index contributed by atoms with van der Waals surface area (Å²) in [6, 6.07) is 8.92. The fraction of sp³-hybridized carbons (Fsp3) is 0.391. The Morgan fingerprint density at radius 1 is 0.893 bits per heavy atom. The number of hydrogen-bond donors (Lipinski definition) is 2. The van der Waals surface area contributed by atoms with Gasteiger partial charge in [0.1, 0.15) is 0 Å². The molecular formula is C23H28N3O2. The predicted molar refractivity (Wildman–Crippen MR) is 111 cm³/mol. The Morgan fingerprint density at radius 3 is 2.07 bits per heavy atom. The lowest BCUT2D eigenvalue weighted by Crippen LogP contribution is -2.21. The minimum Gasteiger partial charge on any atom is -0.326 e. The van der Waals surface area contributed by atoms with Gasteiger partial charge in [-0.1, -0.05) is 37.8 Å². The van der Waals surface area contributed by atoms with Crippen molar-refractivity contribution in [2.24, 2.45) is 0 Å². The number of carbonyl (C=O) groups excluding carboxylic acids is 2. The number of anilines is 1. The van der Waals surface area contributed by atoms with Gasteiger partial charge in [-0.15, -0.1) is 0 Å². The Kier molecular flexibility index (Phi) is 9.57. The quantitative estimate of drug-likeness (QED) is 0.544. The summed E-state index contributed by atoms with van der Waals surface area (Å²) in [6.07, 6.45) is 15.8.